The lowest BCUT2D eigenvalue weighted by Crippen LogP contribution is -2.40. The number of nitrogens with zero attached hydrogens (tertiary/aromatic N) is 1. The molecule has 4 nitrogen and oxygen atoms in total. The maximum absolute atomic E-state index is 13.7. The fraction of sp³-hybridized carbons (Fsp3) is 0.588. The van der Waals surface area contributed by atoms with E-state index in [9.17, 15) is 9.50 Å². The van der Waals surface area contributed by atoms with Crippen LogP contribution >= 0.6 is 11.8 Å². The van der Waals surface area contributed by atoms with Crippen LogP contribution in [0.5, 0.6) is 0 Å². The molecular weight excluding hydrogens is 313 g/mol. The number of hydrogen-bond acceptors (Lipinski definition) is 3. The highest BCUT2D eigenvalue weighted by molar-refractivity contribution is 8.00. The van der Waals surface area contributed by atoms with E-state index < -0.39 is 11.9 Å². The third-order valence-electron chi connectivity index (χ3n) is 3.94. The minimum Gasteiger partial charge on any atom is -0.386 e. The lowest BCUT2D eigenvalue weighted by Gasteiger charge is -2.21. The molecule has 1 aromatic rings. The van der Waals surface area contributed by atoms with Crippen molar-refractivity contribution in [1.82, 2.24) is 10.6 Å². The van der Waals surface area contributed by atoms with Crippen molar-refractivity contribution in [2.75, 3.05) is 25.4 Å². The molecule has 1 heterocycles. The Bertz CT molecular complexity index is 532. The third-order valence-corrected chi connectivity index (χ3v) is 5.47. The van der Waals surface area contributed by atoms with E-state index in [1.807, 2.05) is 18.7 Å². The Hall–Kier alpha value is -1.27. The first-order chi connectivity index (χ1) is 11.0. The van der Waals surface area contributed by atoms with Crippen molar-refractivity contribution in [2.24, 2.45) is 4.99 Å². The summed E-state index contributed by atoms with van der Waals surface area (Å²) in [6.45, 7) is 5.94. The molecule has 2 atom stereocenters. The Kier molecular flexibility index (Phi) is 6.72. The van der Waals surface area contributed by atoms with E-state index in [1.165, 1.54) is 24.7 Å². The van der Waals surface area contributed by atoms with Gasteiger partial charge in [-0.05, 0) is 38.5 Å². The monoisotopic (exact) mass is 339 g/mol. The molecule has 23 heavy (non-hydrogen) atoms. The summed E-state index contributed by atoms with van der Waals surface area (Å²) in [7, 11) is 0. The van der Waals surface area contributed by atoms with Gasteiger partial charge in [-0.15, -0.1) is 0 Å². The molecule has 1 fully saturated rings. The lowest BCUT2D eigenvalue weighted by molar-refractivity contribution is 0.176. The van der Waals surface area contributed by atoms with E-state index in [1.54, 1.807) is 18.2 Å². The second-order valence-electron chi connectivity index (χ2n) is 6.02. The van der Waals surface area contributed by atoms with Crippen molar-refractivity contribution < 1.29 is 9.50 Å². The predicted octanol–water partition coefficient (Wildman–Crippen LogP) is 2.70. The molecule has 1 aliphatic rings. The number of benzene rings is 1. The van der Waals surface area contributed by atoms with Crippen LogP contribution in [-0.4, -0.2) is 41.2 Å². The zero-order valence-electron chi connectivity index (χ0n) is 13.8. The summed E-state index contributed by atoms with van der Waals surface area (Å²) in [4.78, 5) is 4.62. The maximum atomic E-state index is 13.7. The first kappa shape index (κ1) is 18.1. The number of guanidine groups is 1. The summed E-state index contributed by atoms with van der Waals surface area (Å²) in [5.41, 5.74) is 0.300. The smallest absolute Gasteiger partial charge is 0.191 e. The first-order valence-electron chi connectivity index (χ1n) is 8.13. The van der Waals surface area contributed by atoms with Gasteiger partial charge >= 0.3 is 0 Å². The Morgan fingerprint density at radius 1 is 1.43 bits per heavy atom. The van der Waals surface area contributed by atoms with E-state index in [-0.39, 0.29) is 11.3 Å². The predicted molar refractivity (Wildman–Crippen MR) is 95.4 cm³/mol. The van der Waals surface area contributed by atoms with E-state index in [2.05, 4.69) is 22.5 Å². The van der Waals surface area contributed by atoms with Gasteiger partial charge in [0.1, 0.15) is 5.82 Å². The molecule has 0 saturated carbocycles. The molecule has 0 bridgehead atoms. The van der Waals surface area contributed by atoms with Gasteiger partial charge in [-0.3, -0.25) is 4.99 Å². The van der Waals surface area contributed by atoms with Crippen molar-refractivity contribution in [3.8, 4) is 0 Å². The second kappa shape index (κ2) is 8.55. The number of halogens is 1. The van der Waals surface area contributed by atoms with Crippen LogP contribution in [0.15, 0.2) is 29.3 Å². The normalized spacial score (nSPS) is 22.9. The van der Waals surface area contributed by atoms with Crippen LogP contribution in [-0.2, 0) is 0 Å². The summed E-state index contributed by atoms with van der Waals surface area (Å²) < 4.78 is 13.9. The summed E-state index contributed by atoms with van der Waals surface area (Å²) in [5.74, 6) is 1.47. The van der Waals surface area contributed by atoms with E-state index in [4.69, 9.17) is 0 Å². The number of aliphatic hydroxyl groups excluding tert-OH is 1. The second-order valence-corrected chi connectivity index (χ2v) is 7.70. The SMILES string of the molecule is CCNC(=NCC1(C)CCCS1)NCC(O)c1ccccc1F. The summed E-state index contributed by atoms with van der Waals surface area (Å²) >= 11 is 1.97. The molecule has 2 unspecified atom stereocenters. The van der Waals surface area contributed by atoms with Crippen LogP contribution in [0.3, 0.4) is 0 Å². The quantitative estimate of drug-likeness (QED) is 0.551. The molecule has 1 aromatic carbocycles. The molecule has 1 aliphatic heterocycles. The van der Waals surface area contributed by atoms with Crippen LogP contribution in [0.2, 0.25) is 0 Å². The third kappa shape index (κ3) is 5.39. The molecule has 2 rings (SSSR count). The summed E-state index contributed by atoms with van der Waals surface area (Å²) in [6.07, 6.45) is 1.52. The number of aliphatic imine (C=N–C) groups is 1. The van der Waals surface area contributed by atoms with Crippen LogP contribution in [0.25, 0.3) is 0 Å². The van der Waals surface area contributed by atoms with E-state index in [0.29, 0.717) is 11.5 Å². The highest BCUT2D eigenvalue weighted by Gasteiger charge is 2.29. The van der Waals surface area contributed by atoms with Gasteiger partial charge in [-0.1, -0.05) is 18.2 Å². The zero-order chi connectivity index (χ0) is 16.7. The maximum Gasteiger partial charge on any atom is 0.191 e. The standard InChI is InChI=1S/C17H26FN3OS/c1-3-19-16(21-12-17(2)9-6-10-23-17)20-11-15(22)13-7-4-5-8-14(13)18/h4-5,7-8,15,22H,3,6,9-12H2,1-2H3,(H2,19,20,21). The van der Waals surface area contributed by atoms with Crippen LogP contribution in [0.1, 0.15) is 38.4 Å². The molecule has 6 heteroatoms. The van der Waals surface area contributed by atoms with Gasteiger partial charge in [-0.2, -0.15) is 11.8 Å². The molecule has 0 radical (unpaired) electrons. The molecule has 0 amide bonds. The van der Waals surface area contributed by atoms with Gasteiger partial charge in [0.05, 0.1) is 12.6 Å². The average Bonchev–Trinajstić information content (AvgIpc) is 2.97. The Morgan fingerprint density at radius 2 is 2.22 bits per heavy atom. The Balaban J connectivity index is 1.92. The van der Waals surface area contributed by atoms with Crippen LogP contribution in [0.4, 0.5) is 4.39 Å². The molecular formula is C17H26FN3OS. The van der Waals surface area contributed by atoms with Crippen LogP contribution < -0.4 is 10.6 Å². The minimum atomic E-state index is -0.906. The van der Waals surface area contributed by atoms with Crippen molar-refractivity contribution in [2.45, 2.75) is 37.5 Å². The van der Waals surface area contributed by atoms with Crippen molar-refractivity contribution >= 4 is 17.7 Å². The molecule has 1 saturated heterocycles. The lowest BCUT2D eigenvalue weighted by atomic mass is 10.1. The molecule has 3 N–H and O–H groups in total. The molecule has 0 aromatic heterocycles. The first-order valence-corrected chi connectivity index (χ1v) is 9.11. The summed E-state index contributed by atoms with van der Waals surface area (Å²) in [6, 6.07) is 6.29. The number of rotatable bonds is 6. The molecule has 0 aliphatic carbocycles. The highest BCUT2D eigenvalue weighted by Crippen LogP contribution is 2.37. The Labute approximate surface area is 142 Å². The van der Waals surface area contributed by atoms with Crippen molar-refractivity contribution in [3.63, 3.8) is 0 Å². The van der Waals surface area contributed by atoms with Crippen molar-refractivity contribution in [1.29, 1.82) is 0 Å². The van der Waals surface area contributed by atoms with Gasteiger partial charge in [-0.25, -0.2) is 4.39 Å². The minimum absolute atomic E-state index is 0.201. The number of nitrogens with one attached hydrogen (secondary N) is 2. The van der Waals surface area contributed by atoms with Crippen molar-refractivity contribution in [3.05, 3.63) is 35.6 Å². The number of hydrogen-bond donors (Lipinski definition) is 3. The topological polar surface area (TPSA) is 56.7 Å². The average molecular weight is 339 g/mol. The number of aliphatic hydroxyl groups is 1. The number of thioether (sulfide) groups is 1. The fourth-order valence-electron chi connectivity index (χ4n) is 2.60. The Morgan fingerprint density at radius 3 is 2.87 bits per heavy atom. The molecule has 0 spiro atoms. The van der Waals surface area contributed by atoms with E-state index in [0.717, 1.165) is 13.1 Å². The van der Waals surface area contributed by atoms with Gasteiger partial charge in [0.15, 0.2) is 5.96 Å². The largest absolute Gasteiger partial charge is 0.386 e. The summed E-state index contributed by atoms with van der Waals surface area (Å²) in [5, 5.41) is 16.4. The zero-order valence-corrected chi connectivity index (χ0v) is 14.6. The van der Waals surface area contributed by atoms with Crippen LogP contribution in [0, 0.1) is 5.82 Å². The van der Waals surface area contributed by atoms with E-state index >= 15 is 0 Å². The van der Waals surface area contributed by atoms with Gasteiger partial charge in [0.2, 0.25) is 0 Å². The highest BCUT2D eigenvalue weighted by atomic mass is 32.2. The van der Waals surface area contributed by atoms with Gasteiger partial charge in [0.25, 0.3) is 0 Å². The fourth-order valence-corrected chi connectivity index (χ4v) is 3.82. The molecule has 128 valence electrons. The van der Waals surface area contributed by atoms with Gasteiger partial charge < -0.3 is 15.7 Å². The van der Waals surface area contributed by atoms with Gasteiger partial charge in [0, 0.05) is 23.4 Å².